The highest BCUT2D eigenvalue weighted by atomic mass is 16.1. The lowest BCUT2D eigenvalue weighted by atomic mass is 9.87. The van der Waals surface area contributed by atoms with Crippen LogP contribution in [0, 0.1) is 5.92 Å². The van der Waals surface area contributed by atoms with E-state index in [1.165, 1.54) is 32.2 Å². The van der Waals surface area contributed by atoms with E-state index in [-0.39, 0.29) is 0 Å². The van der Waals surface area contributed by atoms with E-state index in [2.05, 4.69) is 11.8 Å². The average molecular weight is 209 g/mol. The van der Waals surface area contributed by atoms with Gasteiger partial charge in [-0.3, -0.25) is 9.69 Å². The second kappa shape index (κ2) is 5.11. The number of ketones is 1. The Balaban J connectivity index is 1.86. The molecule has 2 aliphatic rings. The number of Topliss-reactive ketones (excluding diaryl/α,β-unsaturated/α-hetero) is 1. The summed E-state index contributed by atoms with van der Waals surface area (Å²) in [6.07, 6.45) is 8.39. The Morgan fingerprint density at radius 1 is 1.20 bits per heavy atom. The third-order valence-electron chi connectivity index (χ3n) is 4.08. The topological polar surface area (TPSA) is 20.3 Å². The SMILES string of the molecule is CC1CCCCN1CC1CCCCC1=O. The van der Waals surface area contributed by atoms with Gasteiger partial charge in [-0.25, -0.2) is 0 Å². The van der Waals surface area contributed by atoms with Crippen molar-refractivity contribution in [3.63, 3.8) is 0 Å². The van der Waals surface area contributed by atoms with E-state index in [1.807, 2.05) is 0 Å². The van der Waals surface area contributed by atoms with Gasteiger partial charge in [0.15, 0.2) is 0 Å². The highest BCUT2D eigenvalue weighted by Crippen LogP contribution is 2.24. The molecule has 0 N–H and O–H groups in total. The van der Waals surface area contributed by atoms with Crippen molar-refractivity contribution in [3.8, 4) is 0 Å². The summed E-state index contributed by atoms with van der Waals surface area (Å²) in [6.45, 7) is 4.57. The van der Waals surface area contributed by atoms with Crippen LogP contribution >= 0.6 is 0 Å². The van der Waals surface area contributed by atoms with Crippen molar-refractivity contribution in [1.82, 2.24) is 4.90 Å². The molecule has 0 aromatic rings. The minimum atomic E-state index is 0.360. The Labute approximate surface area is 93.0 Å². The van der Waals surface area contributed by atoms with E-state index in [9.17, 15) is 4.79 Å². The number of nitrogens with zero attached hydrogens (tertiary/aromatic N) is 1. The van der Waals surface area contributed by atoms with Crippen molar-refractivity contribution < 1.29 is 4.79 Å². The number of rotatable bonds is 2. The summed E-state index contributed by atoms with van der Waals surface area (Å²) >= 11 is 0. The molecule has 1 aliphatic carbocycles. The molecule has 2 nitrogen and oxygen atoms in total. The molecule has 1 heterocycles. The van der Waals surface area contributed by atoms with E-state index < -0.39 is 0 Å². The van der Waals surface area contributed by atoms with Crippen LogP contribution in [-0.4, -0.2) is 29.8 Å². The maximum atomic E-state index is 11.7. The molecule has 0 spiro atoms. The maximum Gasteiger partial charge on any atom is 0.137 e. The Bertz CT molecular complexity index is 227. The van der Waals surface area contributed by atoms with Crippen LogP contribution in [0.25, 0.3) is 0 Å². The van der Waals surface area contributed by atoms with Crippen molar-refractivity contribution in [2.24, 2.45) is 5.92 Å². The lowest BCUT2D eigenvalue weighted by Gasteiger charge is -2.36. The molecule has 2 fully saturated rings. The van der Waals surface area contributed by atoms with Crippen LogP contribution in [0.4, 0.5) is 0 Å². The molecule has 15 heavy (non-hydrogen) atoms. The lowest BCUT2D eigenvalue weighted by Crippen LogP contribution is -2.42. The van der Waals surface area contributed by atoms with E-state index in [0.717, 1.165) is 25.8 Å². The van der Waals surface area contributed by atoms with Gasteiger partial charge in [0, 0.05) is 24.9 Å². The first-order valence-electron chi connectivity index (χ1n) is 6.54. The van der Waals surface area contributed by atoms with Crippen molar-refractivity contribution in [2.45, 2.75) is 57.9 Å². The first-order valence-corrected chi connectivity index (χ1v) is 6.54. The van der Waals surface area contributed by atoms with Crippen LogP contribution in [-0.2, 0) is 4.79 Å². The number of carbonyl (C=O) groups excluding carboxylic acids is 1. The zero-order chi connectivity index (χ0) is 10.7. The van der Waals surface area contributed by atoms with Gasteiger partial charge < -0.3 is 0 Å². The van der Waals surface area contributed by atoms with E-state index >= 15 is 0 Å². The van der Waals surface area contributed by atoms with Gasteiger partial charge in [-0.1, -0.05) is 12.8 Å². The van der Waals surface area contributed by atoms with Gasteiger partial charge >= 0.3 is 0 Å². The minimum Gasteiger partial charge on any atom is -0.300 e. The van der Waals surface area contributed by atoms with Gasteiger partial charge in [0.1, 0.15) is 5.78 Å². The summed E-state index contributed by atoms with van der Waals surface area (Å²) in [7, 11) is 0. The number of hydrogen-bond donors (Lipinski definition) is 0. The van der Waals surface area contributed by atoms with Crippen LogP contribution in [0.5, 0.6) is 0 Å². The molecule has 0 aromatic heterocycles. The summed E-state index contributed by atoms with van der Waals surface area (Å²) in [5, 5.41) is 0. The lowest BCUT2D eigenvalue weighted by molar-refractivity contribution is -0.125. The van der Waals surface area contributed by atoms with Crippen LogP contribution in [0.3, 0.4) is 0 Å². The molecule has 2 heteroatoms. The summed E-state index contributed by atoms with van der Waals surface area (Å²) < 4.78 is 0. The average Bonchev–Trinajstić information content (AvgIpc) is 2.24. The van der Waals surface area contributed by atoms with E-state index in [4.69, 9.17) is 0 Å². The van der Waals surface area contributed by atoms with Crippen LogP contribution in [0.1, 0.15) is 51.9 Å². The normalized spacial score (nSPS) is 34.3. The summed E-state index contributed by atoms with van der Waals surface area (Å²) in [5.74, 6) is 0.887. The third kappa shape index (κ3) is 2.81. The molecule has 1 saturated carbocycles. The molecule has 1 saturated heterocycles. The second-order valence-corrected chi connectivity index (χ2v) is 5.25. The second-order valence-electron chi connectivity index (χ2n) is 5.25. The molecule has 2 rings (SSSR count). The number of likely N-dealkylation sites (tertiary alicyclic amines) is 1. The summed E-state index contributed by atoms with van der Waals surface area (Å²) in [5.41, 5.74) is 0. The standard InChI is InChI=1S/C13H23NO/c1-11-6-4-5-9-14(11)10-12-7-2-3-8-13(12)15/h11-12H,2-10H2,1H3. The van der Waals surface area contributed by atoms with Crippen molar-refractivity contribution >= 4 is 5.78 Å². The fourth-order valence-electron chi connectivity index (χ4n) is 2.96. The van der Waals surface area contributed by atoms with Gasteiger partial charge in [-0.15, -0.1) is 0 Å². The van der Waals surface area contributed by atoms with Crippen molar-refractivity contribution in [1.29, 1.82) is 0 Å². The van der Waals surface area contributed by atoms with Gasteiger partial charge in [-0.2, -0.15) is 0 Å². The largest absolute Gasteiger partial charge is 0.300 e. The smallest absolute Gasteiger partial charge is 0.137 e. The quantitative estimate of drug-likeness (QED) is 0.697. The molecule has 86 valence electrons. The van der Waals surface area contributed by atoms with E-state index in [1.54, 1.807) is 0 Å². The highest BCUT2D eigenvalue weighted by Gasteiger charge is 2.27. The third-order valence-corrected chi connectivity index (χ3v) is 4.08. The molecule has 0 aromatic carbocycles. The molecule has 2 unspecified atom stereocenters. The van der Waals surface area contributed by atoms with Gasteiger partial charge in [0.2, 0.25) is 0 Å². The maximum absolute atomic E-state index is 11.7. The van der Waals surface area contributed by atoms with Crippen molar-refractivity contribution in [2.75, 3.05) is 13.1 Å². The summed E-state index contributed by atoms with van der Waals surface area (Å²) in [6, 6.07) is 0.702. The molecular formula is C13H23NO. The van der Waals surface area contributed by atoms with Gasteiger partial charge in [-0.05, 0) is 39.2 Å². The van der Waals surface area contributed by atoms with Crippen LogP contribution in [0.15, 0.2) is 0 Å². The van der Waals surface area contributed by atoms with Gasteiger partial charge in [0.25, 0.3) is 0 Å². The monoisotopic (exact) mass is 209 g/mol. The summed E-state index contributed by atoms with van der Waals surface area (Å²) in [4.78, 5) is 14.3. The molecular weight excluding hydrogens is 186 g/mol. The number of piperidine rings is 1. The molecule has 0 radical (unpaired) electrons. The molecule has 0 amide bonds. The Hall–Kier alpha value is -0.370. The molecule has 1 aliphatic heterocycles. The van der Waals surface area contributed by atoms with E-state index in [0.29, 0.717) is 17.7 Å². The molecule has 0 bridgehead atoms. The predicted octanol–water partition coefficient (Wildman–Crippen LogP) is 2.62. The first-order chi connectivity index (χ1) is 7.27. The minimum absolute atomic E-state index is 0.360. The highest BCUT2D eigenvalue weighted by molar-refractivity contribution is 5.81. The van der Waals surface area contributed by atoms with Gasteiger partial charge in [0.05, 0.1) is 0 Å². The number of hydrogen-bond acceptors (Lipinski definition) is 2. The molecule has 2 atom stereocenters. The number of carbonyl (C=O) groups is 1. The predicted molar refractivity (Wildman–Crippen MR) is 61.9 cm³/mol. The van der Waals surface area contributed by atoms with Crippen molar-refractivity contribution in [3.05, 3.63) is 0 Å². The van der Waals surface area contributed by atoms with Crippen LogP contribution < -0.4 is 0 Å². The fourth-order valence-corrected chi connectivity index (χ4v) is 2.96. The Morgan fingerprint density at radius 3 is 2.73 bits per heavy atom. The Kier molecular flexibility index (Phi) is 3.79. The Morgan fingerprint density at radius 2 is 2.00 bits per heavy atom. The first kappa shape index (κ1) is 11.1. The zero-order valence-corrected chi connectivity index (χ0v) is 9.87. The fraction of sp³-hybridized carbons (Fsp3) is 0.923. The van der Waals surface area contributed by atoms with Crippen LogP contribution in [0.2, 0.25) is 0 Å². The zero-order valence-electron chi connectivity index (χ0n) is 9.87.